The van der Waals surface area contributed by atoms with E-state index in [2.05, 4.69) is 61.5 Å². The Morgan fingerprint density at radius 1 is 0.900 bits per heavy atom. The monoisotopic (exact) mass is 263 g/mol. The Hall–Kier alpha value is -1.86. The van der Waals surface area contributed by atoms with Gasteiger partial charge in [0.15, 0.2) is 0 Å². The maximum absolute atomic E-state index is 5.93. The van der Waals surface area contributed by atoms with Gasteiger partial charge in [0.25, 0.3) is 0 Å². The van der Waals surface area contributed by atoms with Crippen molar-refractivity contribution in [1.29, 1.82) is 0 Å². The second-order valence-corrected chi connectivity index (χ2v) is 5.52. The maximum Gasteiger partial charge on any atom is 0.0232 e. The smallest absolute Gasteiger partial charge is 0.0232 e. The average Bonchev–Trinajstić information content (AvgIpc) is 2.94. The number of aryl methyl sites for hydroxylation is 1. The van der Waals surface area contributed by atoms with E-state index < -0.39 is 0 Å². The molecule has 0 heterocycles. The van der Waals surface area contributed by atoms with Crippen molar-refractivity contribution in [1.82, 2.24) is 0 Å². The highest BCUT2D eigenvalue weighted by Gasteiger charge is 2.13. The van der Waals surface area contributed by atoms with Gasteiger partial charge in [0.1, 0.15) is 0 Å². The maximum atomic E-state index is 5.93. The van der Waals surface area contributed by atoms with Gasteiger partial charge in [-0.2, -0.15) is 0 Å². The first-order valence-electron chi connectivity index (χ1n) is 7.42. The van der Waals surface area contributed by atoms with Crippen molar-refractivity contribution in [2.24, 2.45) is 5.73 Å². The Balaban J connectivity index is 1.83. The summed E-state index contributed by atoms with van der Waals surface area (Å²) in [4.78, 5) is 0. The second kappa shape index (κ2) is 5.64. The summed E-state index contributed by atoms with van der Waals surface area (Å²) in [5.74, 6) is 0. The first-order valence-corrected chi connectivity index (χ1v) is 7.42. The molecule has 1 unspecified atom stereocenters. The van der Waals surface area contributed by atoms with Crippen LogP contribution >= 0.6 is 0 Å². The Bertz CT molecular complexity index is 605. The fourth-order valence-corrected chi connectivity index (χ4v) is 2.80. The molecule has 1 aliphatic rings. The number of allylic oxidation sites excluding steroid dienone is 1. The molecule has 0 bridgehead atoms. The first kappa shape index (κ1) is 13.1. The van der Waals surface area contributed by atoms with Crippen LogP contribution in [-0.2, 0) is 6.42 Å². The highest BCUT2D eigenvalue weighted by Crippen LogP contribution is 2.29. The lowest BCUT2D eigenvalue weighted by Crippen LogP contribution is -2.11. The minimum Gasteiger partial charge on any atom is -0.324 e. The van der Waals surface area contributed by atoms with Gasteiger partial charge in [0, 0.05) is 6.04 Å². The molecule has 1 aliphatic carbocycles. The zero-order chi connectivity index (χ0) is 13.9. The third-order valence-corrected chi connectivity index (χ3v) is 4.11. The lowest BCUT2D eigenvalue weighted by Gasteiger charge is -2.06. The van der Waals surface area contributed by atoms with Crippen molar-refractivity contribution >= 4 is 5.57 Å². The normalized spacial score (nSPS) is 18.1. The summed E-state index contributed by atoms with van der Waals surface area (Å²) in [5.41, 5.74) is 12.6. The van der Waals surface area contributed by atoms with Crippen molar-refractivity contribution in [2.75, 3.05) is 0 Å². The van der Waals surface area contributed by atoms with Gasteiger partial charge in [-0.25, -0.2) is 0 Å². The minimum atomic E-state index is 0.242. The molecule has 0 fully saturated rings. The molecule has 0 aliphatic heterocycles. The van der Waals surface area contributed by atoms with E-state index in [4.69, 9.17) is 5.73 Å². The second-order valence-electron chi connectivity index (χ2n) is 5.52. The number of hydrogen-bond acceptors (Lipinski definition) is 1. The van der Waals surface area contributed by atoms with Crippen LogP contribution in [0.15, 0.2) is 54.6 Å². The van der Waals surface area contributed by atoms with Gasteiger partial charge in [-0.05, 0) is 47.1 Å². The van der Waals surface area contributed by atoms with E-state index in [0.717, 1.165) is 19.3 Å². The molecule has 3 rings (SSSR count). The van der Waals surface area contributed by atoms with Crippen LogP contribution in [0, 0.1) is 0 Å². The Labute approximate surface area is 121 Å². The van der Waals surface area contributed by atoms with Gasteiger partial charge in [-0.3, -0.25) is 0 Å². The Kier molecular flexibility index (Phi) is 3.70. The molecule has 2 N–H and O–H groups in total. The zero-order valence-electron chi connectivity index (χ0n) is 12.0. The van der Waals surface area contributed by atoms with Gasteiger partial charge in [-0.1, -0.05) is 61.5 Å². The van der Waals surface area contributed by atoms with Crippen LogP contribution in [0.5, 0.6) is 0 Å². The number of nitrogens with two attached hydrogens (primary N) is 1. The van der Waals surface area contributed by atoms with Crippen molar-refractivity contribution in [2.45, 2.75) is 32.2 Å². The van der Waals surface area contributed by atoms with E-state index in [1.54, 1.807) is 0 Å². The van der Waals surface area contributed by atoms with E-state index >= 15 is 0 Å². The summed E-state index contributed by atoms with van der Waals surface area (Å²) in [6.45, 7) is 2.18. The van der Waals surface area contributed by atoms with Crippen molar-refractivity contribution in [3.8, 4) is 11.1 Å². The third-order valence-electron chi connectivity index (χ3n) is 4.11. The fourth-order valence-electron chi connectivity index (χ4n) is 2.80. The molecule has 1 atom stereocenters. The molecule has 0 aromatic heterocycles. The lowest BCUT2D eigenvalue weighted by atomic mass is 9.99. The molecule has 2 aromatic rings. The fraction of sp³-hybridized carbons (Fsp3) is 0.263. The molecule has 1 nitrogen and oxygen atoms in total. The first-order chi connectivity index (χ1) is 9.76. The van der Waals surface area contributed by atoms with E-state index in [1.165, 1.54) is 27.8 Å². The molecule has 0 spiro atoms. The third kappa shape index (κ3) is 2.68. The van der Waals surface area contributed by atoms with Gasteiger partial charge in [-0.15, -0.1) is 0 Å². The van der Waals surface area contributed by atoms with E-state index in [0.29, 0.717) is 0 Å². The minimum absolute atomic E-state index is 0.242. The molecule has 102 valence electrons. The van der Waals surface area contributed by atoms with Gasteiger partial charge < -0.3 is 5.73 Å². The van der Waals surface area contributed by atoms with Crippen LogP contribution in [0.1, 0.15) is 30.9 Å². The summed E-state index contributed by atoms with van der Waals surface area (Å²) in [6, 6.07) is 17.9. The van der Waals surface area contributed by atoms with Crippen LogP contribution in [0.2, 0.25) is 0 Å². The summed E-state index contributed by atoms with van der Waals surface area (Å²) >= 11 is 0. The standard InChI is InChI=1S/C19H21N/c1-2-14-3-5-15(6-4-14)16-7-9-17(10-8-16)18-11-12-19(20)13-18/h3-10,13,19H,2,11-12,20H2,1H3. The molecule has 1 heteroatoms. The number of benzene rings is 2. The van der Waals surface area contributed by atoms with Crippen LogP contribution in [0.3, 0.4) is 0 Å². The van der Waals surface area contributed by atoms with E-state index in [1.807, 2.05) is 0 Å². The largest absolute Gasteiger partial charge is 0.324 e. The summed E-state index contributed by atoms with van der Waals surface area (Å²) in [6.07, 6.45) is 5.47. The molecular weight excluding hydrogens is 242 g/mol. The molecule has 0 saturated heterocycles. The Morgan fingerprint density at radius 2 is 1.45 bits per heavy atom. The highest BCUT2D eigenvalue weighted by molar-refractivity contribution is 5.72. The predicted octanol–water partition coefficient (Wildman–Crippen LogP) is 4.42. The lowest BCUT2D eigenvalue weighted by molar-refractivity contribution is 0.782. The summed E-state index contributed by atoms with van der Waals surface area (Å²) < 4.78 is 0. The van der Waals surface area contributed by atoms with Crippen LogP contribution in [0.4, 0.5) is 0 Å². The van der Waals surface area contributed by atoms with E-state index in [-0.39, 0.29) is 6.04 Å². The quantitative estimate of drug-likeness (QED) is 0.871. The topological polar surface area (TPSA) is 26.0 Å². The molecule has 0 radical (unpaired) electrons. The molecule has 2 aromatic carbocycles. The van der Waals surface area contributed by atoms with Crippen LogP contribution in [-0.4, -0.2) is 6.04 Å². The highest BCUT2D eigenvalue weighted by atomic mass is 14.6. The predicted molar refractivity (Wildman–Crippen MR) is 86.4 cm³/mol. The number of rotatable bonds is 3. The molecule has 0 saturated carbocycles. The Morgan fingerprint density at radius 3 is 1.95 bits per heavy atom. The average molecular weight is 263 g/mol. The van der Waals surface area contributed by atoms with Crippen LogP contribution in [0.25, 0.3) is 16.7 Å². The number of hydrogen-bond donors (Lipinski definition) is 1. The van der Waals surface area contributed by atoms with Crippen LogP contribution < -0.4 is 5.73 Å². The summed E-state index contributed by atoms with van der Waals surface area (Å²) in [5, 5.41) is 0. The molecule has 0 amide bonds. The van der Waals surface area contributed by atoms with E-state index in [9.17, 15) is 0 Å². The van der Waals surface area contributed by atoms with Gasteiger partial charge in [0.2, 0.25) is 0 Å². The molecule has 20 heavy (non-hydrogen) atoms. The summed E-state index contributed by atoms with van der Waals surface area (Å²) in [7, 11) is 0. The van der Waals surface area contributed by atoms with Crippen molar-refractivity contribution in [3.05, 3.63) is 65.7 Å². The van der Waals surface area contributed by atoms with Crippen molar-refractivity contribution < 1.29 is 0 Å². The molecular formula is C19H21N. The van der Waals surface area contributed by atoms with Gasteiger partial charge in [0.05, 0.1) is 0 Å². The van der Waals surface area contributed by atoms with Gasteiger partial charge >= 0.3 is 0 Å². The van der Waals surface area contributed by atoms with Crippen molar-refractivity contribution in [3.63, 3.8) is 0 Å². The zero-order valence-corrected chi connectivity index (χ0v) is 12.0. The SMILES string of the molecule is CCc1ccc(-c2ccc(C3=CC(N)CC3)cc2)cc1.